The summed E-state index contributed by atoms with van der Waals surface area (Å²) in [4.78, 5) is 26.5. The van der Waals surface area contributed by atoms with Gasteiger partial charge in [-0.1, -0.05) is 38.5 Å². The molecule has 0 spiro atoms. The molecule has 6 nitrogen and oxygen atoms in total. The van der Waals surface area contributed by atoms with Gasteiger partial charge in [-0.25, -0.2) is 9.59 Å². The van der Waals surface area contributed by atoms with Crippen molar-refractivity contribution in [1.82, 2.24) is 10.2 Å². The Kier molecular flexibility index (Phi) is 8.24. The van der Waals surface area contributed by atoms with Crippen molar-refractivity contribution in [3.63, 3.8) is 0 Å². The molecule has 2 aliphatic carbocycles. The van der Waals surface area contributed by atoms with Gasteiger partial charge in [-0.2, -0.15) is 0 Å². The van der Waals surface area contributed by atoms with E-state index in [1.165, 1.54) is 25.7 Å². The molecule has 0 aromatic carbocycles. The standard InChI is InChI=1S/C21H38N2O4/c1-21(2,3)27-19(24)22-18(16-11-7-5-8-12-16)15-26-20(25)23(4)17-13-9-6-10-14-17/h16-18H,5-15H2,1-4H3,(H,22,24). The highest BCUT2D eigenvalue weighted by molar-refractivity contribution is 5.69. The van der Waals surface area contributed by atoms with Gasteiger partial charge in [-0.05, 0) is 52.4 Å². The molecule has 2 rings (SSSR count). The second-order valence-electron chi connectivity index (χ2n) is 9.13. The van der Waals surface area contributed by atoms with Crippen LogP contribution in [0.3, 0.4) is 0 Å². The van der Waals surface area contributed by atoms with Crippen LogP contribution in [0.4, 0.5) is 9.59 Å². The Morgan fingerprint density at radius 1 is 1.00 bits per heavy atom. The number of nitrogens with zero attached hydrogens (tertiary/aromatic N) is 1. The number of ether oxygens (including phenoxy) is 2. The summed E-state index contributed by atoms with van der Waals surface area (Å²) in [6, 6.07) is 0.0852. The molecule has 1 atom stereocenters. The highest BCUT2D eigenvalue weighted by Crippen LogP contribution is 2.27. The third-order valence-corrected chi connectivity index (χ3v) is 5.72. The average Bonchev–Trinajstić information content (AvgIpc) is 2.64. The van der Waals surface area contributed by atoms with Crippen LogP contribution >= 0.6 is 0 Å². The van der Waals surface area contributed by atoms with Crippen LogP contribution in [0, 0.1) is 5.92 Å². The van der Waals surface area contributed by atoms with Gasteiger partial charge in [0.15, 0.2) is 0 Å². The Morgan fingerprint density at radius 2 is 1.56 bits per heavy atom. The molecule has 0 bridgehead atoms. The fourth-order valence-corrected chi connectivity index (χ4v) is 4.17. The summed E-state index contributed by atoms with van der Waals surface area (Å²) < 4.78 is 11.0. The normalized spacial score (nSPS) is 20.6. The van der Waals surface area contributed by atoms with Gasteiger partial charge in [-0.15, -0.1) is 0 Å². The van der Waals surface area contributed by atoms with E-state index in [2.05, 4.69) is 5.32 Å². The fraction of sp³-hybridized carbons (Fsp3) is 0.905. The molecule has 0 radical (unpaired) electrons. The third kappa shape index (κ3) is 7.59. The first kappa shape index (κ1) is 21.8. The Labute approximate surface area is 164 Å². The van der Waals surface area contributed by atoms with Crippen LogP contribution in [-0.4, -0.2) is 48.4 Å². The molecule has 0 aliphatic heterocycles. The Balaban J connectivity index is 1.90. The van der Waals surface area contributed by atoms with Gasteiger partial charge in [0.2, 0.25) is 0 Å². The lowest BCUT2D eigenvalue weighted by Gasteiger charge is -2.33. The highest BCUT2D eigenvalue weighted by atomic mass is 16.6. The monoisotopic (exact) mass is 382 g/mol. The fourth-order valence-electron chi connectivity index (χ4n) is 4.17. The summed E-state index contributed by atoms with van der Waals surface area (Å²) in [5.41, 5.74) is -0.543. The number of amides is 2. The maximum atomic E-state index is 12.5. The van der Waals surface area contributed by atoms with Crippen molar-refractivity contribution < 1.29 is 19.1 Å². The molecule has 2 fully saturated rings. The lowest BCUT2D eigenvalue weighted by atomic mass is 9.84. The quantitative estimate of drug-likeness (QED) is 0.737. The summed E-state index contributed by atoms with van der Waals surface area (Å²) in [6.07, 6.45) is 10.6. The van der Waals surface area contributed by atoms with Crippen molar-refractivity contribution in [3.8, 4) is 0 Å². The van der Waals surface area contributed by atoms with Crippen molar-refractivity contribution in [2.45, 2.75) is 103 Å². The predicted molar refractivity (Wildman–Crippen MR) is 106 cm³/mol. The van der Waals surface area contributed by atoms with Crippen LogP contribution in [0.25, 0.3) is 0 Å². The van der Waals surface area contributed by atoms with Gasteiger partial charge in [-0.3, -0.25) is 0 Å². The molecule has 0 heterocycles. The van der Waals surface area contributed by atoms with Crippen LogP contribution in [-0.2, 0) is 9.47 Å². The summed E-state index contributed by atoms with van der Waals surface area (Å²) in [7, 11) is 1.83. The van der Waals surface area contributed by atoms with Crippen molar-refractivity contribution in [2.75, 3.05) is 13.7 Å². The predicted octanol–water partition coefficient (Wildman–Crippen LogP) is 4.86. The topological polar surface area (TPSA) is 67.9 Å². The Bertz CT molecular complexity index is 477. The van der Waals surface area contributed by atoms with Gasteiger partial charge in [0.05, 0.1) is 6.04 Å². The number of alkyl carbamates (subject to hydrolysis) is 1. The smallest absolute Gasteiger partial charge is 0.409 e. The van der Waals surface area contributed by atoms with Crippen LogP contribution in [0.2, 0.25) is 0 Å². The molecular formula is C21H38N2O4. The van der Waals surface area contributed by atoms with Crippen molar-refractivity contribution in [1.29, 1.82) is 0 Å². The zero-order valence-electron chi connectivity index (χ0n) is 17.6. The first-order valence-corrected chi connectivity index (χ1v) is 10.7. The van der Waals surface area contributed by atoms with Gasteiger partial charge in [0.1, 0.15) is 12.2 Å². The lowest BCUT2D eigenvalue weighted by Crippen LogP contribution is -2.47. The minimum absolute atomic E-state index is 0.191. The molecule has 27 heavy (non-hydrogen) atoms. The molecule has 2 saturated carbocycles. The van der Waals surface area contributed by atoms with E-state index in [0.29, 0.717) is 5.92 Å². The molecule has 0 aromatic heterocycles. The van der Waals surface area contributed by atoms with Gasteiger partial charge >= 0.3 is 12.2 Å². The van der Waals surface area contributed by atoms with E-state index in [9.17, 15) is 9.59 Å². The first-order chi connectivity index (χ1) is 12.8. The van der Waals surface area contributed by atoms with Crippen molar-refractivity contribution in [3.05, 3.63) is 0 Å². The Morgan fingerprint density at radius 3 is 2.11 bits per heavy atom. The number of hydrogen-bond donors (Lipinski definition) is 1. The minimum atomic E-state index is -0.543. The van der Waals surface area contributed by atoms with Gasteiger partial charge < -0.3 is 19.7 Å². The minimum Gasteiger partial charge on any atom is -0.447 e. The summed E-state index contributed by atoms with van der Waals surface area (Å²) >= 11 is 0. The summed E-state index contributed by atoms with van der Waals surface area (Å²) in [5.74, 6) is 0.332. The van der Waals surface area contributed by atoms with Crippen LogP contribution in [0.1, 0.15) is 85.0 Å². The van der Waals surface area contributed by atoms with Crippen LogP contribution in [0.15, 0.2) is 0 Å². The van der Waals surface area contributed by atoms with Crippen LogP contribution < -0.4 is 5.32 Å². The van der Waals surface area contributed by atoms with Crippen molar-refractivity contribution >= 4 is 12.2 Å². The number of rotatable bonds is 5. The van der Waals surface area contributed by atoms with E-state index in [1.54, 1.807) is 4.90 Å². The zero-order chi connectivity index (χ0) is 19.9. The number of nitrogens with one attached hydrogen (secondary N) is 1. The molecule has 6 heteroatoms. The van der Waals surface area contributed by atoms with E-state index in [-0.39, 0.29) is 24.8 Å². The van der Waals surface area contributed by atoms with Gasteiger partial charge in [0, 0.05) is 13.1 Å². The molecule has 156 valence electrons. The second-order valence-corrected chi connectivity index (χ2v) is 9.13. The lowest BCUT2D eigenvalue weighted by molar-refractivity contribution is 0.0378. The molecular weight excluding hydrogens is 344 g/mol. The van der Waals surface area contributed by atoms with Crippen LogP contribution in [0.5, 0.6) is 0 Å². The third-order valence-electron chi connectivity index (χ3n) is 5.72. The molecule has 0 saturated heterocycles. The van der Waals surface area contributed by atoms with Crippen molar-refractivity contribution in [2.24, 2.45) is 5.92 Å². The second kappa shape index (κ2) is 10.2. The van der Waals surface area contributed by atoms with E-state index >= 15 is 0 Å². The van der Waals surface area contributed by atoms with E-state index in [0.717, 1.165) is 38.5 Å². The number of hydrogen-bond acceptors (Lipinski definition) is 4. The SMILES string of the molecule is CN(C(=O)OCC(NC(=O)OC(C)(C)C)C1CCCCC1)C1CCCCC1. The maximum absolute atomic E-state index is 12.5. The molecule has 2 aliphatic rings. The van der Waals surface area contributed by atoms with E-state index < -0.39 is 11.7 Å². The number of carbonyl (C=O) groups excluding carboxylic acids is 2. The van der Waals surface area contributed by atoms with E-state index in [4.69, 9.17) is 9.47 Å². The molecule has 1 N–H and O–H groups in total. The van der Waals surface area contributed by atoms with Gasteiger partial charge in [0.25, 0.3) is 0 Å². The summed E-state index contributed by atoms with van der Waals surface area (Å²) in [6.45, 7) is 5.75. The van der Waals surface area contributed by atoms with E-state index in [1.807, 2.05) is 27.8 Å². The average molecular weight is 383 g/mol. The molecule has 2 amide bonds. The number of carbonyl (C=O) groups is 2. The Hall–Kier alpha value is -1.46. The summed E-state index contributed by atoms with van der Waals surface area (Å²) in [5, 5.41) is 2.96. The zero-order valence-corrected chi connectivity index (χ0v) is 17.6. The first-order valence-electron chi connectivity index (χ1n) is 10.7. The molecule has 0 aromatic rings. The largest absolute Gasteiger partial charge is 0.447 e. The highest BCUT2D eigenvalue weighted by Gasteiger charge is 2.30. The molecule has 1 unspecified atom stereocenters. The maximum Gasteiger partial charge on any atom is 0.409 e.